The molecule has 1 aromatic rings. The molecule has 130 valence electrons. The van der Waals surface area contributed by atoms with Crippen molar-refractivity contribution in [3.8, 4) is 0 Å². The number of carbonyl (C=O) groups excluding carboxylic acids is 1. The molecule has 0 spiro atoms. The molecule has 0 unspecified atom stereocenters. The van der Waals surface area contributed by atoms with Gasteiger partial charge in [-0.25, -0.2) is 9.97 Å². The number of anilines is 2. The molecule has 0 radical (unpaired) electrons. The molecule has 0 saturated heterocycles. The fourth-order valence-electron chi connectivity index (χ4n) is 2.41. The van der Waals surface area contributed by atoms with Crippen LogP contribution in [0.25, 0.3) is 0 Å². The van der Waals surface area contributed by atoms with Crippen LogP contribution in [0.3, 0.4) is 0 Å². The average Bonchev–Trinajstić information content (AvgIpc) is 2.49. The molecule has 0 aliphatic rings. The van der Waals surface area contributed by atoms with E-state index >= 15 is 0 Å². The van der Waals surface area contributed by atoms with E-state index in [1.54, 1.807) is 20.4 Å². The Hall–Kier alpha value is -1.89. The summed E-state index contributed by atoms with van der Waals surface area (Å²) in [6, 6.07) is 0.167. The van der Waals surface area contributed by atoms with Gasteiger partial charge in [-0.3, -0.25) is 4.79 Å². The number of nitrogens with one attached hydrogen (secondary N) is 1. The van der Waals surface area contributed by atoms with Crippen LogP contribution in [0.4, 0.5) is 11.6 Å². The van der Waals surface area contributed by atoms with Crippen molar-refractivity contribution in [2.75, 3.05) is 50.6 Å². The van der Waals surface area contributed by atoms with Gasteiger partial charge in [0.15, 0.2) is 0 Å². The Labute approximate surface area is 139 Å². The molecule has 1 atom stereocenters. The second kappa shape index (κ2) is 9.29. The van der Waals surface area contributed by atoms with Crippen LogP contribution in [0.2, 0.25) is 0 Å². The average molecular weight is 323 g/mol. The van der Waals surface area contributed by atoms with E-state index in [9.17, 15) is 4.79 Å². The number of hydrogen-bond acceptors (Lipinski definition) is 6. The van der Waals surface area contributed by atoms with Crippen LogP contribution < -0.4 is 10.2 Å². The maximum absolute atomic E-state index is 11.5. The maximum atomic E-state index is 11.5. The van der Waals surface area contributed by atoms with E-state index in [2.05, 4.69) is 20.2 Å². The van der Waals surface area contributed by atoms with Crippen molar-refractivity contribution >= 4 is 17.5 Å². The van der Waals surface area contributed by atoms with E-state index < -0.39 is 0 Å². The van der Waals surface area contributed by atoms with Crippen molar-refractivity contribution in [3.05, 3.63) is 11.9 Å². The van der Waals surface area contributed by atoms with E-state index in [-0.39, 0.29) is 11.9 Å². The first-order chi connectivity index (χ1) is 10.9. The number of nitrogens with zero attached hydrogens (tertiary/aromatic N) is 4. The van der Waals surface area contributed by atoms with Gasteiger partial charge in [0.05, 0.1) is 6.61 Å². The summed E-state index contributed by atoms with van der Waals surface area (Å²) < 4.78 is 5.14. The normalized spacial score (nSPS) is 11.9. The molecular formula is C16H29N5O2. The summed E-state index contributed by atoms with van der Waals surface area (Å²) in [4.78, 5) is 24.0. The van der Waals surface area contributed by atoms with Gasteiger partial charge in [0, 0.05) is 52.3 Å². The van der Waals surface area contributed by atoms with E-state index in [0.717, 1.165) is 23.7 Å². The predicted octanol–water partition coefficient (Wildman–Crippen LogP) is 1.54. The number of methoxy groups -OCH3 is 1. The van der Waals surface area contributed by atoms with Crippen molar-refractivity contribution in [3.63, 3.8) is 0 Å². The Bertz CT molecular complexity index is 509. The van der Waals surface area contributed by atoms with Crippen LogP contribution in [0, 0.1) is 6.92 Å². The summed E-state index contributed by atoms with van der Waals surface area (Å²) >= 11 is 0. The molecule has 7 heteroatoms. The standard InChI is InChI=1S/C16H29N5O2/c1-7-21(14(4)22)9-8-20(5)16-13(3)15(17-11-18-16)19-12(2)10-23-6/h11-12H,7-10H2,1-6H3,(H,17,18,19)/t12-/m1/s1. The van der Waals surface area contributed by atoms with Gasteiger partial charge in [-0.2, -0.15) is 0 Å². The SMILES string of the molecule is CCN(CCN(C)c1ncnc(N[C@H](C)COC)c1C)C(C)=O. The highest BCUT2D eigenvalue weighted by Crippen LogP contribution is 2.21. The molecule has 1 aromatic heterocycles. The maximum Gasteiger partial charge on any atom is 0.219 e. The number of amides is 1. The fraction of sp³-hybridized carbons (Fsp3) is 0.688. The third-order valence-electron chi connectivity index (χ3n) is 3.75. The Morgan fingerprint density at radius 3 is 2.65 bits per heavy atom. The minimum atomic E-state index is 0.0936. The largest absolute Gasteiger partial charge is 0.383 e. The molecule has 0 aliphatic heterocycles. The molecule has 0 bridgehead atoms. The minimum absolute atomic E-state index is 0.0936. The lowest BCUT2D eigenvalue weighted by atomic mass is 10.2. The first kappa shape index (κ1) is 19.2. The lowest BCUT2D eigenvalue weighted by Crippen LogP contribution is -2.36. The zero-order chi connectivity index (χ0) is 17.4. The van der Waals surface area contributed by atoms with E-state index in [4.69, 9.17) is 4.74 Å². The number of carbonyl (C=O) groups is 1. The molecule has 23 heavy (non-hydrogen) atoms. The summed E-state index contributed by atoms with van der Waals surface area (Å²) in [7, 11) is 3.66. The van der Waals surface area contributed by atoms with Gasteiger partial charge in [0.1, 0.15) is 18.0 Å². The Balaban J connectivity index is 2.77. The van der Waals surface area contributed by atoms with Crippen LogP contribution in [0.1, 0.15) is 26.3 Å². The molecule has 0 fully saturated rings. The van der Waals surface area contributed by atoms with Crippen molar-refractivity contribution in [1.29, 1.82) is 0 Å². The smallest absolute Gasteiger partial charge is 0.219 e. The topological polar surface area (TPSA) is 70.6 Å². The van der Waals surface area contributed by atoms with Gasteiger partial charge in [-0.15, -0.1) is 0 Å². The summed E-state index contributed by atoms with van der Waals surface area (Å²) in [6.45, 7) is 10.3. The first-order valence-corrected chi connectivity index (χ1v) is 7.94. The van der Waals surface area contributed by atoms with E-state index in [1.165, 1.54) is 0 Å². The van der Waals surface area contributed by atoms with Gasteiger partial charge >= 0.3 is 0 Å². The van der Waals surface area contributed by atoms with Crippen LogP contribution in [0.15, 0.2) is 6.33 Å². The summed E-state index contributed by atoms with van der Waals surface area (Å²) in [5.41, 5.74) is 0.990. The lowest BCUT2D eigenvalue weighted by Gasteiger charge is -2.26. The Kier molecular flexibility index (Phi) is 7.74. The Morgan fingerprint density at radius 2 is 2.09 bits per heavy atom. The zero-order valence-electron chi connectivity index (χ0n) is 15.1. The summed E-state index contributed by atoms with van der Waals surface area (Å²) in [5, 5.41) is 3.33. The molecule has 0 aliphatic carbocycles. The third-order valence-corrected chi connectivity index (χ3v) is 3.75. The van der Waals surface area contributed by atoms with Gasteiger partial charge in [-0.1, -0.05) is 0 Å². The number of hydrogen-bond donors (Lipinski definition) is 1. The molecular weight excluding hydrogens is 294 g/mol. The molecule has 0 saturated carbocycles. The predicted molar refractivity (Wildman–Crippen MR) is 92.9 cm³/mol. The van der Waals surface area contributed by atoms with Gasteiger partial charge in [0.25, 0.3) is 0 Å². The molecule has 7 nitrogen and oxygen atoms in total. The quantitative estimate of drug-likeness (QED) is 0.743. The molecule has 1 amide bonds. The van der Waals surface area contributed by atoms with Crippen LogP contribution in [-0.2, 0) is 9.53 Å². The van der Waals surface area contributed by atoms with Crippen LogP contribution in [-0.4, -0.2) is 67.2 Å². The van der Waals surface area contributed by atoms with E-state index in [0.29, 0.717) is 19.7 Å². The number of likely N-dealkylation sites (N-methyl/N-ethyl adjacent to an activating group) is 2. The van der Waals surface area contributed by atoms with Crippen molar-refractivity contribution in [1.82, 2.24) is 14.9 Å². The molecule has 1 heterocycles. The fourth-order valence-corrected chi connectivity index (χ4v) is 2.41. The van der Waals surface area contributed by atoms with Gasteiger partial charge in [0.2, 0.25) is 5.91 Å². The monoisotopic (exact) mass is 323 g/mol. The second-order valence-electron chi connectivity index (χ2n) is 5.69. The van der Waals surface area contributed by atoms with Crippen molar-refractivity contribution in [2.24, 2.45) is 0 Å². The second-order valence-corrected chi connectivity index (χ2v) is 5.69. The number of ether oxygens (including phenoxy) is 1. The lowest BCUT2D eigenvalue weighted by molar-refractivity contribution is -0.128. The van der Waals surface area contributed by atoms with Crippen LogP contribution in [0.5, 0.6) is 0 Å². The summed E-state index contributed by atoms with van der Waals surface area (Å²) in [6.07, 6.45) is 1.56. The Morgan fingerprint density at radius 1 is 1.39 bits per heavy atom. The zero-order valence-corrected chi connectivity index (χ0v) is 15.1. The van der Waals surface area contributed by atoms with Gasteiger partial charge in [-0.05, 0) is 20.8 Å². The number of rotatable bonds is 9. The van der Waals surface area contributed by atoms with Crippen molar-refractivity contribution < 1.29 is 9.53 Å². The highest BCUT2D eigenvalue weighted by atomic mass is 16.5. The third kappa shape index (κ3) is 5.67. The van der Waals surface area contributed by atoms with E-state index in [1.807, 2.05) is 32.7 Å². The van der Waals surface area contributed by atoms with Gasteiger partial charge < -0.3 is 19.9 Å². The van der Waals surface area contributed by atoms with Crippen molar-refractivity contribution in [2.45, 2.75) is 33.7 Å². The highest BCUT2D eigenvalue weighted by Gasteiger charge is 2.14. The first-order valence-electron chi connectivity index (χ1n) is 7.94. The number of aromatic nitrogens is 2. The summed E-state index contributed by atoms with van der Waals surface area (Å²) in [5.74, 6) is 1.77. The minimum Gasteiger partial charge on any atom is -0.383 e. The highest BCUT2D eigenvalue weighted by molar-refractivity contribution is 5.73. The van der Waals surface area contributed by atoms with Crippen LogP contribution >= 0.6 is 0 Å². The molecule has 1 rings (SSSR count). The molecule has 1 N–H and O–H groups in total. The molecule has 0 aromatic carbocycles.